The van der Waals surface area contributed by atoms with Gasteiger partial charge in [0.25, 0.3) is 0 Å². The van der Waals surface area contributed by atoms with E-state index in [1.807, 2.05) is 13.0 Å². The maximum Gasteiger partial charge on any atom is 0.174 e. The zero-order valence-electron chi connectivity index (χ0n) is 9.94. The van der Waals surface area contributed by atoms with Crippen molar-refractivity contribution in [2.24, 2.45) is 0 Å². The van der Waals surface area contributed by atoms with Gasteiger partial charge in [-0.25, -0.2) is 4.98 Å². The Morgan fingerprint density at radius 1 is 1.50 bits per heavy atom. The largest absolute Gasteiger partial charge is 0.294 e. The molecule has 2 rings (SSSR count). The summed E-state index contributed by atoms with van der Waals surface area (Å²) in [7, 11) is 0. The summed E-state index contributed by atoms with van der Waals surface area (Å²) in [6.45, 7) is 3.53. The van der Waals surface area contributed by atoms with E-state index in [1.165, 1.54) is 30.2 Å². The van der Waals surface area contributed by atoms with E-state index in [0.29, 0.717) is 10.6 Å². The number of benzene rings is 1. The second kappa shape index (κ2) is 5.82. The van der Waals surface area contributed by atoms with Gasteiger partial charge in [0.2, 0.25) is 0 Å². The summed E-state index contributed by atoms with van der Waals surface area (Å²) in [6.07, 6.45) is 0.834. The molecular formula is C12H11ClN2OS2. The zero-order chi connectivity index (χ0) is 13.1. The summed E-state index contributed by atoms with van der Waals surface area (Å²) < 4.78 is 5.11. The molecule has 0 saturated carbocycles. The normalized spacial score (nSPS) is 10.6. The fourth-order valence-corrected chi connectivity index (χ4v) is 3.46. The molecule has 0 spiro atoms. The molecule has 1 aromatic carbocycles. The Morgan fingerprint density at radius 3 is 2.83 bits per heavy atom. The van der Waals surface area contributed by atoms with E-state index in [4.69, 9.17) is 11.6 Å². The molecule has 18 heavy (non-hydrogen) atoms. The molecule has 3 nitrogen and oxygen atoms in total. The molecule has 0 atom stereocenters. The van der Waals surface area contributed by atoms with Crippen LogP contribution in [0.5, 0.6) is 0 Å². The SMILES string of the molecule is CCc1nsc(Sc2ccc(C(C)=O)c(Cl)c2)n1. The first kappa shape index (κ1) is 13.5. The molecule has 0 bridgehead atoms. The van der Waals surface area contributed by atoms with Gasteiger partial charge in [-0.05, 0) is 36.7 Å². The van der Waals surface area contributed by atoms with Crippen LogP contribution in [0.25, 0.3) is 0 Å². The zero-order valence-corrected chi connectivity index (χ0v) is 12.3. The average molecular weight is 299 g/mol. The number of carbonyl (C=O) groups excluding carboxylic acids is 1. The van der Waals surface area contributed by atoms with Gasteiger partial charge in [0.15, 0.2) is 10.1 Å². The molecule has 0 saturated heterocycles. The van der Waals surface area contributed by atoms with E-state index >= 15 is 0 Å². The van der Waals surface area contributed by atoms with Crippen molar-refractivity contribution in [1.82, 2.24) is 9.36 Å². The Kier molecular flexibility index (Phi) is 4.37. The Bertz CT molecular complexity index is 583. The second-order valence-corrected chi connectivity index (χ2v) is 6.11. The van der Waals surface area contributed by atoms with Crippen LogP contribution in [0.2, 0.25) is 5.02 Å². The third-order valence-corrected chi connectivity index (χ3v) is 4.38. The minimum atomic E-state index is -0.0271. The molecule has 1 heterocycles. The van der Waals surface area contributed by atoms with E-state index in [-0.39, 0.29) is 5.78 Å². The highest BCUT2D eigenvalue weighted by atomic mass is 35.5. The summed E-state index contributed by atoms with van der Waals surface area (Å²) in [6, 6.07) is 5.41. The van der Waals surface area contributed by atoms with Gasteiger partial charge in [0.1, 0.15) is 5.82 Å². The maximum atomic E-state index is 11.3. The van der Waals surface area contributed by atoms with Gasteiger partial charge in [-0.1, -0.05) is 30.3 Å². The van der Waals surface area contributed by atoms with E-state index < -0.39 is 0 Å². The fourth-order valence-electron chi connectivity index (χ4n) is 1.37. The van der Waals surface area contributed by atoms with Crippen LogP contribution in [0, 0.1) is 0 Å². The van der Waals surface area contributed by atoms with Gasteiger partial charge in [0.05, 0.1) is 5.02 Å². The Hall–Kier alpha value is -0.910. The maximum absolute atomic E-state index is 11.3. The van der Waals surface area contributed by atoms with Crippen molar-refractivity contribution in [3.05, 3.63) is 34.6 Å². The van der Waals surface area contributed by atoms with E-state index in [2.05, 4.69) is 9.36 Å². The molecule has 0 aliphatic carbocycles. The topological polar surface area (TPSA) is 42.9 Å². The molecule has 6 heteroatoms. The Morgan fingerprint density at radius 2 is 2.28 bits per heavy atom. The summed E-state index contributed by atoms with van der Waals surface area (Å²) >= 11 is 8.94. The minimum absolute atomic E-state index is 0.0271. The standard InChI is InChI=1S/C12H11ClN2OS2/c1-3-11-14-12(18-15-11)17-8-4-5-9(7(2)16)10(13)6-8/h4-6H,3H2,1-2H3. The minimum Gasteiger partial charge on any atom is -0.294 e. The van der Waals surface area contributed by atoms with Crippen molar-refractivity contribution in [2.45, 2.75) is 29.5 Å². The van der Waals surface area contributed by atoms with Crippen molar-refractivity contribution >= 4 is 40.7 Å². The number of halogens is 1. The fraction of sp³-hybridized carbons (Fsp3) is 0.250. The molecule has 0 amide bonds. The van der Waals surface area contributed by atoms with Crippen LogP contribution < -0.4 is 0 Å². The van der Waals surface area contributed by atoms with Gasteiger partial charge in [0, 0.05) is 16.9 Å². The first-order valence-corrected chi connectivity index (χ1v) is 7.38. The summed E-state index contributed by atoms with van der Waals surface area (Å²) in [5.74, 6) is 0.828. The highest BCUT2D eigenvalue weighted by Gasteiger charge is 2.09. The summed E-state index contributed by atoms with van der Waals surface area (Å²) in [5.41, 5.74) is 0.549. The first-order chi connectivity index (χ1) is 8.60. The van der Waals surface area contributed by atoms with Crippen molar-refractivity contribution in [3.8, 4) is 0 Å². The second-order valence-electron chi connectivity index (χ2n) is 3.63. The van der Waals surface area contributed by atoms with Crippen LogP contribution in [0.3, 0.4) is 0 Å². The lowest BCUT2D eigenvalue weighted by Gasteiger charge is -2.02. The third-order valence-electron chi connectivity index (χ3n) is 2.29. The quantitative estimate of drug-likeness (QED) is 0.797. The van der Waals surface area contributed by atoms with Crippen molar-refractivity contribution in [1.29, 1.82) is 0 Å². The lowest BCUT2D eigenvalue weighted by atomic mass is 10.1. The Labute approximate surface area is 119 Å². The van der Waals surface area contributed by atoms with Crippen molar-refractivity contribution in [3.63, 3.8) is 0 Å². The highest BCUT2D eigenvalue weighted by molar-refractivity contribution is 8.01. The number of aromatic nitrogens is 2. The van der Waals surface area contributed by atoms with Gasteiger partial charge in [-0.2, -0.15) is 4.37 Å². The average Bonchev–Trinajstić information content (AvgIpc) is 2.76. The first-order valence-electron chi connectivity index (χ1n) is 5.41. The molecule has 0 aliphatic heterocycles. The molecule has 94 valence electrons. The lowest BCUT2D eigenvalue weighted by molar-refractivity contribution is 0.101. The van der Waals surface area contributed by atoms with Crippen LogP contribution in [-0.4, -0.2) is 15.1 Å². The van der Waals surface area contributed by atoms with Gasteiger partial charge >= 0.3 is 0 Å². The number of hydrogen-bond donors (Lipinski definition) is 0. The van der Waals surface area contributed by atoms with Crippen LogP contribution in [0.1, 0.15) is 30.0 Å². The smallest absolute Gasteiger partial charge is 0.174 e. The van der Waals surface area contributed by atoms with Gasteiger partial charge < -0.3 is 0 Å². The van der Waals surface area contributed by atoms with Crippen molar-refractivity contribution < 1.29 is 4.79 Å². The molecule has 0 aliphatic rings. The summed E-state index contributed by atoms with van der Waals surface area (Å²) in [4.78, 5) is 16.6. The number of rotatable bonds is 4. The molecule has 1 aromatic heterocycles. The highest BCUT2D eigenvalue weighted by Crippen LogP contribution is 2.32. The number of carbonyl (C=O) groups is 1. The summed E-state index contributed by atoms with van der Waals surface area (Å²) in [5, 5.41) is 0.479. The van der Waals surface area contributed by atoms with Crippen LogP contribution in [0.4, 0.5) is 0 Å². The number of nitrogens with zero attached hydrogens (tertiary/aromatic N) is 2. The number of Topliss-reactive ketones (excluding diaryl/α,β-unsaturated/α-hetero) is 1. The lowest BCUT2D eigenvalue weighted by Crippen LogP contribution is -1.92. The molecule has 0 unspecified atom stereocenters. The predicted octanol–water partition coefficient (Wildman–Crippen LogP) is 4.11. The molecule has 0 fully saturated rings. The number of hydrogen-bond acceptors (Lipinski definition) is 5. The number of ketones is 1. The van der Waals surface area contributed by atoms with Crippen LogP contribution in [-0.2, 0) is 6.42 Å². The van der Waals surface area contributed by atoms with Crippen LogP contribution >= 0.6 is 34.9 Å². The van der Waals surface area contributed by atoms with Gasteiger partial charge in [-0.3, -0.25) is 4.79 Å². The molecule has 2 aromatic rings. The number of aryl methyl sites for hydroxylation is 1. The third kappa shape index (κ3) is 3.10. The van der Waals surface area contributed by atoms with Crippen molar-refractivity contribution in [2.75, 3.05) is 0 Å². The molecule has 0 radical (unpaired) electrons. The monoisotopic (exact) mass is 298 g/mol. The van der Waals surface area contributed by atoms with E-state index in [9.17, 15) is 4.79 Å². The Balaban J connectivity index is 2.19. The van der Waals surface area contributed by atoms with E-state index in [0.717, 1.165) is 21.5 Å². The van der Waals surface area contributed by atoms with Crippen LogP contribution in [0.15, 0.2) is 27.4 Å². The predicted molar refractivity (Wildman–Crippen MR) is 74.9 cm³/mol. The molecule has 0 N–H and O–H groups in total. The van der Waals surface area contributed by atoms with Gasteiger partial charge in [-0.15, -0.1) is 0 Å². The molecular weight excluding hydrogens is 288 g/mol. The van der Waals surface area contributed by atoms with E-state index in [1.54, 1.807) is 12.1 Å².